The van der Waals surface area contributed by atoms with Crippen molar-refractivity contribution in [2.24, 2.45) is 0 Å². The second kappa shape index (κ2) is 4.92. The monoisotopic (exact) mass is 211 g/mol. The molecule has 0 amide bonds. The summed E-state index contributed by atoms with van der Waals surface area (Å²) in [7, 11) is 0. The number of hydrogen-bond donors (Lipinski definition) is 1. The van der Waals surface area contributed by atoms with E-state index in [9.17, 15) is 0 Å². The summed E-state index contributed by atoms with van der Waals surface area (Å²) in [4.78, 5) is 0. The van der Waals surface area contributed by atoms with E-state index in [1.165, 1.54) is 0 Å². The van der Waals surface area contributed by atoms with Gasteiger partial charge in [-0.25, -0.2) is 0 Å². The molecule has 1 heterocycles. The molecule has 0 aliphatic rings. The van der Waals surface area contributed by atoms with Gasteiger partial charge in [0.2, 0.25) is 0 Å². The number of halogens is 1. The van der Waals surface area contributed by atoms with Crippen molar-refractivity contribution in [3.63, 3.8) is 0 Å². The molecular formula is C10H14ClN3. The Bertz CT molecular complexity index is 349. The Balaban J connectivity index is 2.79. The van der Waals surface area contributed by atoms with E-state index in [4.69, 9.17) is 22.6 Å². The molecule has 1 aromatic rings. The molecule has 2 N–H and O–H groups in total. The van der Waals surface area contributed by atoms with Gasteiger partial charge in [0.1, 0.15) is 16.9 Å². The Morgan fingerprint density at radius 1 is 1.57 bits per heavy atom. The highest BCUT2D eigenvalue weighted by Crippen LogP contribution is 2.23. The smallest absolute Gasteiger partial charge is 0.133 e. The lowest BCUT2D eigenvalue weighted by Gasteiger charge is -2.05. The van der Waals surface area contributed by atoms with Crippen LogP contribution in [0.5, 0.6) is 0 Å². The van der Waals surface area contributed by atoms with E-state index >= 15 is 0 Å². The lowest BCUT2D eigenvalue weighted by Crippen LogP contribution is -2.00. The summed E-state index contributed by atoms with van der Waals surface area (Å²) in [5, 5.41) is 9.31. The Hall–Kier alpha value is -1.14. The minimum atomic E-state index is 0.484. The molecule has 0 bridgehead atoms. The van der Waals surface area contributed by atoms with E-state index in [2.05, 4.69) is 13.0 Å². The normalized spacial score (nSPS) is 10.1. The van der Waals surface area contributed by atoms with Crippen molar-refractivity contribution >= 4 is 17.3 Å². The number of nitrogen functional groups attached to an aromatic ring is 1. The molecule has 0 saturated heterocycles. The van der Waals surface area contributed by atoms with Crippen molar-refractivity contribution in [3.8, 4) is 6.07 Å². The zero-order valence-corrected chi connectivity index (χ0v) is 9.01. The predicted octanol–water partition coefficient (Wildman–Crippen LogP) is 2.79. The first-order valence-corrected chi connectivity index (χ1v) is 5.13. The van der Waals surface area contributed by atoms with Gasteiger partial charge in [0.15, 0.2) is 0 Å². The largest absolute Gasteiger partial charge is 0.396 e. The number of unbranched alkanes of at least 4 members (excludes halogenated alkanes) is 2. The summed E-state index contributed by atoms with van der Waals surface area (Å²) < 4.78 is 1.77. The van der Waals surface area contributed by atoms with Crippen LogP contribution in [-0.2, 0) is 6.54 Å². The van der Waals surface area contributed by atoms with Crippen LogP contribution in [0.4, 0.5) is 5.69 Å². The molecule has 0 radical (unpaired) electrons. The Morgan fingerprint density at radius 3 is 2.86 bits per heavy atom. The molecule has 14 heavy (non-hydrogen) atoms. The van der Waals surface area contributed by atoms with Crippen LogP contribution in [-0.4, -0.2) is 4.57 Å². The van der Waals surface area contributed by atoms with Gasteiger partial charge >= 0.3 is 0 Å². The molecule has 76 valence electrons. The van der Waals surface area contributed by atoms with Crippen LogP contribution in [0.1, 0.15) is 31.9 Å². The van der Waals surface area contributed by atoms with Crippen molar-refractivity contribution in [1.82, 2.24) is 4.57 Å². The molecule has 0 fully saturated rings. The van der Waals surface area contributed by atoms with Crippen molar-refractivity contribution in [2.75, 3.05) is 5.73 Å². The fraction of sp³-hybridized carbons (Fsp3) is 0.500. The molecule has 0 spiro atoms. The van der Waals surface area contributed by atoms with Crippen molar-refractivity contribution in [2.45, 2.75) is 32.7 Å². The molecule has 1 aromatic heterocycles. The second-order valence-electron chi connectivity index (χ2n) is 3.25. The van der Waals surface area contributed by atoms with Crippen molar-refractivity contribution in [1.29, 1.82) is 5.26 Å². The molecule has 4 heteroatoms. The number of nitriles is 1. The van der Waals surface area contributed by atoms with Gasteiger partial charge in [0.05, 0.1) is 5.69 Å². The molecule has 0 unspecified atom stereocenters. The van der Waals surface area contributed by atoms with Gasteiger partial charge in [-0.05, 0) is 12.5 Å². The van der Waals surface area contributed by atoms with Gasteiger partial charge < -0.3 is 10.3 Å². The van der Waals surface area contributed by atoms with Crippen molar-refractivity contribution < 1.29 is 0 Å². The molecule has 1 rings (SSSR count). The topological polar surface area (TPSA) is 54.7 Å². The van der Waals surface area contributed by atoms with Gasteiger partial charge in [-0.3, -0.25) is 0 Å². The Labute approximate surface area is 89.1 Å². The summed E-state index contributed by atoms with van der Waals surface area (Å²) in [6.07, 6.45) is 3.31. The molecule has 0 atom stereocenters. The van der Waals surface area contributed by atoms with Crippen LogP contribution in [0.25, 0.3) is 0 Å². The SMILES string of the molecule is CCCCCn1c(C#N)cc(N)c1Cl. The minimum Gasteiger partial charge on any atom is -0.396 e. The van der Waals surface area contributed by atoms with E-state index in [0.717, 1.165) is 25.8 Å². The lowest BCUT2D eigenvalue weighted by molar-refractivity contribution is 0.601. The molecule has 3 nitrogen and oxygen atoms in total. The maximum Gasteiger partial charge on any atom is 0.133 e. The maximum atomic E-state index is 8.83. The third-order valence-electron chi connectivity index (χ3n) is 2.16. The fourth-order valence-corrected chi connectivity index (χ4v) is 1.61. The van der Waals surface area contributed by atoms with Gasteiger partial charge in [-0.2, -0.15) is 5.26 Å². The Kier molecular flexibility index (Phi) is 3.84. The summed E-state index contributed by atoms with van der Waals surface area (Å²) in [5.41, 5.74) is 6.65. The van der Waals surface area contributed by atoms with Gasteiger partial charge in [-0.15, -0.1) is 0 Å². The van der Waals surface area contributed by atoms with Gasteiger partial charge in [-0.1, -0.05) is 31.4 Å². The first-order chi connectivity index (χ1) is 6.70. The third kappa shape index (κ3) is 2.21. The number of rotatable bonds is 4. The first-order valence-electron chi connectivity index (χ1n) is 4.75. The average Bonchev–Trinajstić information content (AvgIpc) is 2.45. The third-order valence-corrected chi connectivity index (χ3v) is 2.58. The van der Waals surface area contributed by atoms with Crippen molar-refractivity contribution in [3.05, 3.63) is 16.9 Å². The standard InChI is InChI=1S/C10H14ClN3/c1-2-3-4-5-14-8(7-12)6-9(13)10(14)11/h6H,2-5,13H2,1H3. The fourth-order valence-electron chi connectivity index (χ4n) is 1.38. The minimum absolute atomic E-state index is 0.484. The highest BCUT2D eigenvalue weighted by molar-refractivity contribution is 6.32. The average molecular weight is 212 g/mol. The predicted molar refractivity (Wildman–Crippen MR) is 58.1 cm³/mol. The summed E-state index contributed by atoms with van der Waals surface area (Å²) >= 11 is 5.96. The van der Waals surface area contributed by atoms with E-state index in [-0.39, 0.29) is 0 Å². The van der Waals surface area contributed by atoms with Crippen LogP contribution < -0.4 is 5.73 Å². The lowest BCUT2D eigenvalue weighted by atomic mass is 10.2. The zero-order chi connectivity index (χ0) is 10.6. The summed E-state index contributed by atoms with van der Waals surface area (Å²) in [5.74, 6) is 0. The number of aromatic nitrogens is 1. The van der Waals surface area contributed by atoms with Crippen LogP contribution in [0.2, 0.25) is 5.15 Å². The van der Waals surface area contributed by atoms with Crippen LogP contribution in [0, 0.1) is 11.3 Å². The maximum absolute atomic E-state index is 8.83. The van der Waals surface area contributed by atoms with Crippen LogP contribution >= 0.6 is 11.6 Å². The summed E-state index contributed by atoms with van der Waals surface area (Å²) in [6.45, 7) is 2.91. The van der Waals surface area contributed by atoms with Gasteiger partial charge in [0, 0.05) is 6.54 Å². The van der Waals surface area contributed by atoms with E-state index < -0.39 is 0 Å². The highest BCUT2D eigenvalue weighted by atomic mass is 35.5. The Morgan fingerprint density at radius 2 is 2.29 bits per heavy atom. The van der Waals surface area contributed by atoms with E-state index in [1.807, 2.05) is 0 Å². The van der Waals surface area contributed by atoms with E-state index in [0.29, 0.717) is 16.5 Å². The zero-order valence-electron chi connectivity index (χ0n) is 8.26. The summed E-state index contributed by atoms with van der Waals surface area (Å²) in [6, 6.07) is 3.70. The van der Waals surface area contributed by atoms with E-state index in [1.54, 1.807) is 10.6 Å². The molecular weight excluding hydrogens is 198 g/mol. The molecule has 0 aliphatic carbocycles. The highest BCUT2D eigenvalue weighted by Gasteiger charge is 2.09. The number of nitrogens with two attached hydrogens (primary N) is 1. The second-order valence-corrected chi connectivity index (χ2v) is 3.60. The molecule has 0 aliphatic heterocycles. The molecule has 0 saturated carbocycles. The van der Waals surface area contributed by atoms with Gasteiger partial charge in [0.25, 0.3) is 0 Å². The number of nitrogens with zero attached hydrogens (tertiary/aromatic N) is 2. The first kappa shape index (κ1) is 10.9. The number of anilines is 1. The quantitative estimate of drug-likeness (QED) is 0.779. The van der Waals surface area contributed by atoms with Crippen LogP contribution in [0.3, 0.4) is 0 Å². The number of hydrogen-bond acceptors (Lipinski definition) is 2. The molecule has 0 aromatic carbocycles. The van der Waals surface area contributed by atoms with Crippen LogP contribution in [0.15, 0.2) is 6.07 Å².